The number of hydrogen-bond donors (Lipinski definition) is 1. The first-order valence-corrected chi connectivity index (χ1v) is 8.35. The van der Waals surface area contributed by atoms with Crippen molar-refractivity contribution in [2.45, 2.75) is 0 Å². The van der Waals surface area contributed by atoms with Gasteiger partial charge in [0.15, 0.2) is 0 Å². The summed E-state index contributed by atoms with van der Waals surface area (Å²) >= 11 is 0.909. The Hall–Kier alpha value is -2.45. The van der Waals surface area contributed by atoms with E-state index in [1.165, 1.54) is 0 Å². The first-order chi connectivity index (χ1) is 11.7. The molecule has 0 bridgehead atoms. The van der Waals surface area contributed by atoms with E-state index in [2.05, 4.69) is 20.2 Å². The monoisotopic (exact) mass is 342 g/mol. The Balaban J connectivity index is 1.75. The molecule has 0 atom stereocenters. The van der Waals surface area contributed by atoms with E-state index in [0.29, 0.717) is 18.1 Å². The van der Waals surface area contributed by atoms with E-state index < -0.39 is 0 Å². The first-order valence-electron chi connectivity index (χ1n) is 7.53. The van der Waals surface area contributed by atoms with Crippen LogP contribution in [0.1, 0.15) is 5.56 Å². The predicted molar refractivity (Wildman–Crippen MR) is 91.7 cm³/mol. The average molecular weight is 342 g/mol. The molecule has 2 aromatic rings. The Kier molecular flexibility index (Phi) is 3.91. The number of anilines is 1. The van der Waals surface area contributed by atoms with Crippen LogP contribution in [0.5, 0.6) is 0 Å². The smallest absolute Gasteiger partial charge is 0.290 e. The Bertz CT molecular complexity index is 862. The summed E-state index contributed by atoms with van der Waals surface area (Å²) in [6.45, 7) is 2.91. The van der Waals surface area contributed by atoms with Gasteiger partial charge in [-0.1, -0.05) is 6.07 Å². The molecule has 2 amide bonds. The highest BCUT2D eigenvalue weighted by Crippen LogP contribution is 2.29. The van der Waals surface area contributed by atoms with Gasteiger partial charge < -0.3 is 9.64 Å². The SMILES string of the molecule is O=C1NC(=O)C(=Cc2ccc3ncnc(N4CCOCC4)c3c2)S1. The number of thioether (sulfide) groups is 1. The highest BCUT2D eigenvalue weighted by Gasteiger charge is 2.25. The molecular formula is C16H14N4O3S. The van der Waals surface area contributed by atoms with Gasteiger partial charge in [-0.3, -0.25) is 14.9 Å². The van der Waals surface area contributed by atoms with Crippen LogP contribution >= 0.6 is 11.8 Å². The molecule has 3 heterocycles. The number of fused-ring (bicyclic) bond motifs is 1. The maximum Gasteiger partial charge on any atom is 0.290 e. The quantitative estimate of drug-likeness (QED) is 0.833. The number of carbonyl (C=O) groups is 2. The predicted octanol–water partition coefficient (Wildman–Crippen LogP) is 1.79. The molecule has 122 valence electrons. The van der Waals surface area contributed by atoms with Crippen molar-refractivity contribution in [3.63, 3.8) is 0 Å². The number of amides is 2. The molecule has 1 N–H and O–H groups in total. The van der Waals surface area contributed by atoms with Gasteiger partial charge in [0, 0.05) is 18.5 Å². The Labute approximate surface area is 142 Å². The average Bonchev–Trinajstić information content (AvgIpc) is 2.92. The van der Waals surface area contributed by atoms with E-state index in [0.717, 1.165) is 47.1 Å². The summed E-state index contributed by atoms with van der Waals surface area (Å²) in [6.07, 6.45) is 3.27. The minimum atomic E-state index is -0.359. The summed E-state index contributed by atoms with van der Waals surface area (Å²) < 4.78 is 5.39. The highest BCUT2D eigenvalue weighted by atomic mass is 32.2. The molecule has 7 nitrogen and oxygen atoms in total. The van der Waals surface area contributed by atoms with Crippen molar-refractivity contribution in [3.05, 3.63) is 35.0 Å². The molecule has 2 saturated heterocycles. The number of aromatic nitrogens is 2. The molecule has 2 aliphatic heterocycles. The summed E-state index contributed by atoms with van der Waals surface area (Å²) in [7, 11) is 0. The zero-order valence-corrected chi connectivity index (χ0v) is 13.5. The van der Waals surface area contributed by atoms with Gasteiger partial charge in [0.2, 0.25) is 0 Å². The molecule has 0 aliphatic carbocycles. The third-order valence-corrected chi connectivity index (χ3v) is 4.70. The molecular weight excluding hydrogens is 328 g/mol. The number of benzene rings is 1. The molecule has 1 aromatic carbocycles. The molecule has 4 rings (SSSR count). The molecule has 0 radical (unpaired) electrons. The Morgan fingerprint density at radius 1 is 1.21 bits per heavy atom. The van der Waals surface area contributed by atoms with Gasteiger partial charge in [-0.2, -0.15) is 0 Å². The summed E-state index contributed by atoms with van der Waals surface area (Å²) in [5.74, 6) is 0.506. The lowest BCUT2D eigenvalue weighted by Crippen LogP contribution is -2.36. The van der Waals surface area contributed by atoms with Crippen LogP contribution in [-0.4, -0.2) is 47.4 Å². The fourth-order valence-corrected chi connectivity index (χ4v) is 3.43. The van der Waals surface area contributed by atoms with Crippen molar-refractivity contribution < 1.29 is 14.3 Å². The lowest BCUT2D eigenvalue weighted by molar-refractivity contribution is -0.115. The van der Waals surface area contributed by atoms with Crippen molar-refractivity contribution in [2.75, 3.05) is 31.2 Å². The summed E-state index contributed by atoms with van der Waals surface area (Å²) in [5.41, 5.74) is 1.67. The zero-order valence-electron chi connectivity index (χ0n) is 12.7. The zero-order chi connectivity index (χ0) is 16.5. The van der Waals surface area contributed by atoms with Crippen LogP contribution in [0.15, 0.2) is 29.4 Å². The molecule has 2 aliphatic rings. The number of ether oxygens (including phenoxy) is 1. The van der Waals surface area contributed by atoms with Gasteiger partial charge in [-0.15, -0.1) is 0 Å². The van der Waals surface area contributed by atoms with Crippen LogP contribution in [0.25, 0.3) is 17.0 Å². The summed E-state index contributed by atoms with van der Waals surface area (Å²) in [6, 6.07) is 5.72. The van der Waals surface area contributed by atoms with E-state index in [9.17, 15) is 9.59 Å². The van der Waals surface area contributed by atoms with Crippen molar-refractivity contribution in [3.8, 4) is 0 Å². The van der Waals surface area contributed by atoms with Gasteiger partial charge in [0.05, 0.1) is 23.6 Å². The Morgan fingerprint density at radius 3 is 2.79 bits per heavy atom. The van der Waals surface area contributed by atoms with E-state index in [1.807, 2.05) is 18.2 Å². The largest absolute Gasteiger partial charge is 0.378 e. The minimum absolute atomic E-state index is 0.343. The van der Waals surface area contributed by atoms with E-state index in [4.69, 9.17) is 4.74 Å². The number of imide groups is 1. The maximum atomic E-state index is 11.7. The first kappa shape index (κ1) is 15.1. The fourth-order valence-electron chi connectivity index (χ4n) is 2.75. The van der Waals surface area contributed by atoms with E-state index >= 15 is 0 Å². The molecule has 8 heteroatoms. The van der Waals surface area contributed by atoms with Gasteiger partial charge >= 0.3 is 0 Å². The fraction of sp³-hybridized carbons (Fsp3) is 0.250. The van der Waals surface area contributed by atoms with E-state index in [-0.39, 0.29) is 11.1 Å². The topological polar surface area (TPSA) is 84.4 Å². The van der Waals surface area contributed by atoms with Crippen LogP contribution in [0, 0.1) is 0 Å². The minimum Gasteiger partial charge on any atom is -0.378 e. The van der Waals surface area contributed by atoms with Crippen molar-refractivity contribution in [1.29, 1.82) is 0 Å². The standard InChI is InChI=1S/C16H14N4O3S/c21-15-13(24-16(22)19-15)8-10-1-2-12-11(7-10)14(18-9-17-12)20-3-5-23-6-4-20/h1-2,7-9H,3-6H2,(H,19,21,22). The number of carbonyl (C=O) groups excluding carboxylic acids is 2. The number of nitrogens with one attached hydrogen (secondary N) is 1. The molecule has 0 unspecified atom stereocenters. The second-order valence-corrected chi connectivity index (χ2v) is 6.44. The lowest BCUT2D eigenvalue weighted by atomic mass is 10.1. The van der Waals surface area contributed by atoms with Gasteiger partial charge in [-0.25, -0.2) is 9.97 Å². The molecule has 0 saturated carbocycles. The number of rotatable bonds is 2. The van der Waals surface area contributed by atoms with Crippen LogP contribution in [0.4, 0.5) is 10.6 Å². The summed E-state index contributed by atoms with van der Waals surface area (Å²) in [4.78, 5) is 34.3. The van der Waals surface area contributed by atoms with Crippen LogP contribution in [0.3, 0.4) is 0 Å². The van der Waals surface area contributed by atoms with Gasteiger partial charge in [-0.05, 0) is 35.5 Å². The Morgan fingerprint density at radius 2 is 2.04 bits per heavy atom. The number of nitrogens with zero attached hydrogens (tertiary/aromatic N) is 3. The number of hydrogen-bond acceptors (Lipinski definition) is 7. The second-order valence-electron chi connectivity index (χ2n) is 5.43. The number of morpholine rings is 1. The molecule has 1 aromatic heterocycles. The third kappa shape index (κ3) is 2.85. The van der Waals surface area contributed by atoms with Crippen molar-refractivity contribution >= 4 is 45.7 Å². The van der Waals surface area contributed by atoms with Crippen LogP contribution in [0.2, 0.25) is 0 Å². The molecule has 0 spiro atoms. The van der Waals surface area contributed by atoms with Crippen molar-refractivity contribution in [2.24, 2.45) is 0 Å². The van der Waals surface area contributed by atoms with Crippen LogP contribution in [-0.2, 0) is 9.53 Å². The lowest BCUT2D eigenvalue weighted by Gasteiger charge is -2.28. The third-order valence-electron chi connectivity index (χ3n) is 3.89. The summed E-state index contributed by atoms with van der Waals surface area (Å²) in [5, 5.41) is 2.83. The molecule has 2 fully saturated rings. The van der Waals surface area contributed by atoms with Gasteiger partial charge in [0.1, 0.15) is 12.1 Å². The normalized spacial score (nSPS) is 20.0. The molecule has 24 heavy (non-hydrogen) atoms. The van der Waals surface area contributed by atoms with Crippen molar-refractivity contribution in [1.82, 2.24) is 15.3 Å². The second kappa shape index (κ2) is 6.21. The maximum absolute atomic E-state index is 11.7. The van der Waals surface area contributed by atoms with E-state index in [1.54, 1.807) is 12.4 Å². The highest BCUT2D eigenvalue weighted by molar-refractivity contribution is 8.18. The van der Waals surface area contributed by atoms with Gasteiger partial charge in [0.25, 0.3) is 11.1 Å². The van der Waals surface area contributed by atoms with Crippen LogP contribution < -0.4 is 10.2 Å².